The molecule has 0 aromatic rings. The van der Waals surface area contributed by atoms with Crippen LogP contribution in [-0.4, -0.2) is 0 Å². The summed E-state index contributed by atoms with van der Waals surface area (Å²) in [4.78, 5) is 0. The molecular formula is C14H28. The molecule has 1 atom stereocenters. The molecule has 0 aromatic heterocycles. The van der Waals surface area contributed by atoms with E-state index in [1.165, 1.54) is 19.3 Å². The molecule has 1 aliphatic rings. The maximum atomic E-state index is 2.43. The highest BCUT2D eigenvalue weighted by Crippen LogP contribution is 2.56. The van der Waals surface area contributed by atoms with Crippen LogP contribution in [0.2, 0.25) is 0 Å². The molecule has 0 heteroatoms. The van der Waals surface area contributed by atoms with Crippen LogP contribution in [0.5, 0.6) is 0 Å². The molecule has 1 saturated carbocycles. The second kappa shape index (κ2) is 4.24. The normalized spacial score (nSPS) is 26.8. The second-order valence-corrected chi connectivity index (χ2v) is 6.16. The van der Waals surface area contributed by atoms with Gasteiger partial charge >= 0.3 is 0 Å². The zero-order valence-electron chi connectivity index (χ0n) is 10.9. The molecule has 0 radical (unpaired) electrons. The Kier molecular flexibility index (Phi) is 3.66. The molecule has 14 heavy (non-hydrogen) atoms. The van der Waals surface area contributed by atoms with Crippen LogP contribution in [0.15, 0.2) is 0 Å². The van der Waals surface area contributed by atoms with Gasteiger partial charge in [0.2, 0.25) is 0 Å². The van der Waals surface area contributed by atoms with Crippen LogP contribution in [0.4, 0.5) is 0 Å². The summed E-state index contributed by atoms with van der Waals surface area (Å²) in [6.07, 6.45) is 4.39. The molecule has 1 aliphatic carbocycles. The van der Waals surface area contributed by atoms with Gasteiger partial charge in [-0.25, -0.2) is 0 Å². The molecular weight excluding hydrogens is 168 g/mol. The van der Waals surface area contributed by atoms with Crippen LogP contribution in [0, 0.1) is 29.1 Å². The van der Waals surface area contributed by atoms with Crippen molar-refractivity contribution in [1.29, 1.82) is 0 Å². The highest BCUT2D eigenvalue weighted by atomic mass is 14.5. The lowest BCUT2D eigenvalue weighted by Crippen LogP contribution is -2.39. The summed E-state index contributed by atoms with van der Waals surface area (Å²) in [6.45, 7) is 14.5. The molecule has 0 saturated heterocycles. The number of rotatable bonds is 3. The maximum absolute atomic E-state index is 2.43. The van der Waals surface area contributed by atoms with Gasteiger partial charge in [0.05, 0.1) is 0 Å². The van der Waals surface area contributed by atoms with Crippen molar-refractivity contribution in [2.24, 2.45) is 29.1 Å². The Morgan fingerprint density at radius 1 is 0.929 bits per heavy atom. The highest BCUT2D eigenvalue weighted by Gasteiger charge is 2.47. The Morgan fingerprint density at radius 2 is 1.43 bits per heavy atom. The summed E-state index contributed by atoms with van der Waals surface area (Å²) in [5, 5.41) is 0. The fourth-order valence-corrected chi connectivity index (χ4v) is 4.14. The Balaban J connectivity index is 2.95. The first-order chi connectivity index (χ1) is 6.43. The van der Waals surface area contributed by atoms with Crippen LogP contribution in [0.3, 0.4) is 0 Å². The molecule has 0 nitrogen and oxygen atoms in total. The van der Waals surface area contributed by atoms with Crippen LogP contribution in [-0.2, 0) is 0 Å². The third kappa shape index (κ3) is 1.73. The van der Waals surface area contributed by atoms with Gasteiger partial charge in [0.25, 0.3) is 0 Å². The average Bonchev–Trinajstić information content (AvgIpc) is 2.47. The summed E-state index contributed by atoms with van der Waals surface area (Å²) in [5.74, 6) is 3.51. The minimum absolute atomic E-state index is 0.633. The van der Waals surface area contributed by atoms with Crippen molar-refractivity contribution in [3.05, 3.63) is 0 Å². The summed E-state index contributed by atoms with van der Waals surface area (Å²) in [5.41, 5.74) is 0.633. The Bertz CT molecular complexity index is 168. The summed E-state index contributed by atoms with van der Waals surface area (Å²) < 4.78 is 0. The average molecular weight is 196 g/mol. The predicted octanol–water partition coefficient (Wildman–Crippen LogP) is 4.74. The molecule has 0 aliphatic heterocycles. The predicted molar refractivity (Wildman–Crippen MR) is 64.3 cm³/mol. The minimum Gasteiger partial charge on any atom is -0.0625 e. The van der Waals surface area contributed by atoms with E-state index in [1.54, 1.807) is 0 Å². The van der Waals surface area contributed by atoms with E-state index in [1.807, 2.05) is 0 Å². The van der Waals surface area contributed by atoms with Crippen molar-refractivity contribution in [2.45, 2.75) is 60.8 Å². The van der Waals surface area contributed by atoms with Crippen molar-refractivity contribution >= 4 is 0 Å². The first-order valence-corrected chi connectivity index (χ1v) is 6.43. The lowest BCUT2D eigenvalue weighted by Gasteiger charge is -2.45. The molecule has 1 rings (SSSR count). The van der Waals surface area contributed by atoms with Gasteiger partial charge in [-0.3, -0.25) is 0 Å². The van der Waals surface area contributed by atoms with Gasteiger partial charge in [-0.2, -0.15) is 0 Å². The highest BCUT2D eigenvalue weighted by molar-refractivity contribution is 4.97. The number of hydrogen-bond donors (Lipinski definition) is 0. The molecule has 0 spiro atoms. The van der Waals surface area contributed by atoms with E-state index in [0.717, 1.165) is 23.7 Å². The van der Waals surface area contributed by atoms with Crippen molar-refractivity contribution < 1.29 is 0 Å². The molecule has 0 amide bonds. The Morgan fingerprint density at radius 3 is 1.71 bits per heavy atom. The van der Waals surface area contributed by atoms with Crippen molar-refractivity contribution in [3.8, 4) is 0 Å². The van der Waals surface area contributed by atoms with Gasteiger partial charge in [-0.05, 0) is 41.9 Å². The summed E-state index contributed by atoms with van der Waals surface area (Å²) in [6, 6.07) is 0. The lowest BCUT2D eigenvalue weighted by molar-refractivity contribution is 0.0338. The van der Waals surface area contributed by atoms with E-state index in [9.17, 15) is 0 Å². The van der Waals surface area contributed by atoms with Crippen molar-refractivity contribution in [1.82, 2.24) is 0 Å². The fraction of sp³-hybridized carbons (Fsp3) is 1.00. The van der Waals surface area contributed by atoms with Gasteiger partial charge in [-0.1, -0.05) is 48.0 Å². The largest absolute Gasteiger partial charge is 0.0625 e. The third-order valence-corrected chi connectivity index (χ3v) is 4.77. The number of hydrogen-bond acceptors (Lipinski definition) is 0. The van der Waals surface area contributed by atoms with Gasteiger partial charge < -0.3 is 0 Å². The van der Waals surface area contributed by atoms with E-state index < -0.39 is 0 Å². The maximum Gasteiger partial charge on any atom is -0.0221 e. The lowest BCUT2D eigenvalue weighted by atomic mass is 9.60. The molecule has 84 valence electrons. The zero-order valence-corrected chi connectivity index (χ0v) is 10.9. The molecule has 0 heterocycles. The van der Waals surface area contributed by atoms with E-state index in [4.69, 9.17) is 0 Å². The first kappa shape index (κ1) is 12.1. The third-order valence-electron chi connectivity index (χ3n) is 4.77. The van der Waals surface area contributed by atoms with Crippen LogP contribution < -0.4 is 0 Å². The quantitative estimate of drug-likeness (QED) is 0.611. The van der Waals surface area contributed by atoms with Crippen molar-refractivity contribution in [2.75, 3.05) is 0 Å². The molecule has 0 N–H and O–H groups in total. The zero-order chi connectivity index (χ0) is 10.9. The van der Waals surface area contributed by atoms with Gasteiger partial charge in [0.1, 0.15) is 0 Å². The SMILES string of the molecule is CC(C)[C@@H]1CCCC1(C(C)C)C(C)C. The van der Waals surface area contributed by atoms with E-state index in [2.05, 4.69) is 41.5 Å². The van der Waals surface area contributed by atoms with Crippen molar-refractivity contribution in [3.63, 3.8) is 0 Å². The standard InChI is InChI=1S/C14H28/c1-10(2)13-8-7-9-14(13,11(3)4)12(5)6/h10-13H,7-9H2,1-6H3/t13-/m0/s1. The topological polar surface area (TPSA) is 0 Å². The van der Waals surface area contributed by atoms with Gasteiger partial charge in [0.15, 0.2) is 0 Å². The molecule has 0 bridgehead atoms. The van der Waals surface area contributed by atoms with Gasteiger partial charge in [-0.15, -0.1) is 0 Å². The van der Waals surface area contributed by atoms with E-state index >= 15 is 0 Å². The van der Waals surface area contributed by atoms with Crippen LogP contribution >= 0.6 is 0 Å². The fourth-order valence-electron chi connectivity index (χ4n) is 4.14. The van der Waals surface area contributed by atoms with E-state index in [-0.39, 0.29) is 0 Å². The monoisotopic (exact) mass is 196 g/mol. The van der Waals surface area contributed by atoms with E-state index in [0.29, 0.717) is 5.41 Å². The van der Waals surface area contributed by atoms with Gasteiger partial charge in [0, 0.05) is 0 Å². The van der Waals surface area contributed by atoms with Crippen LogP contribution in [0.25, 0.3) is 0 Å². The first-order valence-electron chi connectivity index (χ1n) is 6.43. The minimum atomic E-state index is 0.633. The molecule has 0 unspecified atom stereocenters. The summed E-state index contributed by atoms with van der Waals surface area (Å²) in [7, 11) is 0. The Labute approximate surface area is 90.5 Å². The van der Waals surface area contributed by atoms with Crippen LogP contribution in [0.1, 0.15) is 60.8 Å². The molecule has 0 aromatic carbocycles. The molecule has 1 fully saturated rings. The second-order valence-electron chi connectivity index (χ2n) is 6.16. The summed E-state index contributed by atoms with van der Waals surface area (Å²) >= 11 is 0. The Hall–Kier alpha value is 0. The smallest absolute Gasteiger partial charge is 0.0221 e.